The van der Waals surface area contributed by atoms with E-state index in [4.69, 9.17) is 20.7 Å². The van der Waals surface area contributed by atoms with Crippen LogP contribution in [-0.2, 0) is 7.05 Å². The van der Waals surface area contributed by atoms with Gasteiger partial charge in [0.2, 0.25) is 5.95 Å². The summed E-state index contributed by atoms with van der Waals surface area (Å²) in [5.41, 5.74) is 7.34. The summed E-state index contributed by atoms with van der Waals surface area (Å²) in [6, 6.07) is 6.39. The summed E-state index contributed by atoms with van der Waals surface area (Å²) in [6.45, 7) is 6.65. The first-order chi connectivity index (χ1) is 15.8. The molecular weight excluding hydrogens is 423 g/mol. The van der Waals surface area contributed by atoms with Crippen molar-refractivity contribution in [2.45, 2.75) is 25.8 Å². The van der Waals surface area contributed by atoms with E-state index in [1.807, 2.05) is 11.0 Å². The highest BCUT2D eigenvalue weighted by Gasteiger charge is 2.24. The molecule has 3 rings (SSSR count). The number of nitriles is 1. The monoisotopic (exact) mass is 450 g/mol. The smallest absolute Gasteiger partial charge is 0.263 e. The van der Waals surface area contributed by atoms with Gasteiger partial charge >= 0.3 is 0 Å². The average Bonchev–Trinajstić information content (AvgIpc) is 2.81. The third-order valence-electron chi connectivity index (χ3n) is 5.61. The number of aliphatic imine (C=N–C) groups is 1. The minimum absolute atomic E-state index is 0.0767. The van der Waals surface area contributed by atoms with Crippen LogP contribution in [0.2, 0.25) is 0 Å². The van der Waals surface area contributed by atoms with E-state index >= 15 is 0 Å². The van der Waals surface area contributed by atoms with Crippen LogP contribution < -0.4 is 20.9 Å². The van der Waals surface area contributed by atoms with Gasteiger partial charge in [0.05, 0.1) is 18.4 Å². The Balaban J connectivity index is 2.24. The number of allylic oxidation sites excluding steroid dienone is 2. The molecule has 1 aliphatic heterocycles. The Morgan fingerprint density at radius 3 is 2.70 bits per heavy atom. The van der Waals surface area contributed by atoms with Crippen molar-refractivity contribution >= 4 is 17.2 Å². The van der Waals surface area contributed by atoms with Crippen LogP contribution >= 0.6 is 0 Å². The van der Waals surface area contributed by atoms with Gasteiger partial charge in [-0.15, -0.1) is 0 Å². The molecule has 0 aliphatic carbocycles. The van der Waals surface area contributed by atoms with E-state index in [2.05, 4.69) is 11.6 Å². The van der Waals surface area contributed by atoms with Gasteiger partial charge in [0, 0.05) is 32.4 Å². The Hall–Kier alpha value is -3.77. The minimum Gasteiger partial charge on any atom is -0.494 e. The summed E-state index contributed by atoms with van der Waals surface area (Å²) in [7, 11) is 3.02. The van der Waals surface area contributed by atoms with Gasteiger partial charge in [-0.05, 0) is 49.1 Å². The van der Waals surface area contributed by atoms with E-state index < -0.39 is 5.82 Å². The number of aromatic nitrogens is 2. The van der Waals surface area contributed by atoms with Crippen molar-refractivity contribution in [1.82, 2.24) is 9.55 Å². The number of piperidine rings is 1. The maximum atomic E-state index is 14.5. The highest BCUT2D eigenvalue weighted by molar-refractivity contribution is 6.07. The number of nitrogens with two attached hydrogens (primary N) is 1. The van der Waals surface area contributed by atoms with Crippen molar-refractivity contribution in [2.75, 3.05) is 25.1 Å². The number of methoxy groups -OCH3 is 1. The van der Waals surface area contributed by atoms with E-state index in [-0.39, 0.29) is 28.6 Å². The van der Waals surface area contributed by atoms with Crippen LogP contribution in [0.4, 0.5) is 10.3 Å². The predicted molar refractivity (Wildman–Crippen MR) is 128 cm³/mol. The molecule has 1 fully saturated rings. The fourth-order valence-corrected chi connectivity index (χ4v) is 3.70. The first-order valence-electron chi connectivity index (χ1n) is 10.5. The second-order valence-electron chi connectivity index (χ2n) is 7.82. The number of ether oxygens (including phenoxy) is 1. The van der Waals surface area contributed by atoms with E-state index in [0.717, 1.165) is 12.8 Å². The molecule has 33 heavy (non-hydrogen) atoms. The molecule has 0 bridgehead atoms. The van der Waals surface area contributed by atoms with Crippen LogP contribution in [0.15, 0.2) is 46.8 Å². The SMILES string of the molecule is C=C/C(C#N)=N\C=C(/C)c1nc(N2CCC(N)CC2)n(C)c(=O)c1-c1ccc(OC)c(F)c1. The number of rotatable bonds is 6. The Labute approximate surface area is 192 Å². The topological polar surface area (TPSA) is 110 Å². The van der Waals surface area contributed by atoms with Crippen LogP contribution in [0.5, 0.6) is 5.75 Å². The second kappa shape index (κ2) is 10.2. The first-order valence-corrected chi connectivity index (χ1v) is 10.5. The van der Waals surface area contributed by atoms with E-state index in [9.17, 15) is 9.18 Å². The molecule has 2 N–H and O–H groups in total. The molecule has 9 heteroatoms. The largest absolute Gasteiger partial charge is 0.494 e. The lowest BCUT2D eigenvalue weighted by molar-refractivity contribution is 0.386. The number of hydrogen-bond donors (Lipinski definition) is 1. The van der Waals surface area contributed by atoms with Gasteiger partial charge in [-0.25, -0.2) is 14.4 Å². The number of hydrogen-bond acceptors (Lipinski definition) is 7. The van der Waals surface area contributed by atoms with E-state index in [0.29, 0.717) is 35.9 Å². The summed E-state index contributed by atoms with van der Waals surface area (Å²) in [5.74, 6) is -0.0105. The highest BCUT2D eigenvalue weighted by atomic mass is 19.1. The maximum Gasteiger partial charge on any atom is 0.263 e. The second-order valence-corrected chi connectivity index (χ2v) is 7.82. The molecule has 1 aromatic carbocycles. The third-order valence-corrected chi connectivity index (χ3v) is 5.61. The molecule has 1 saturated heterocycles. The Bertz CT molecular complexity index is 1220. The van der Waals surface area contributed by atoms with Crippen molar-refractivity contribution in [3.05, 3.63) is 58.9 Å². The van der Waals surface area contributed by atoms with Gasteiger partial charge in [-0.1, -0.05) is 12.6 Å². The van der Waals surface area contributed by atoms with Gasteiger partial charge in [0.1, 0.15) is 11.8 Å². The minimum atomic E-state index is -0.588. The average molecular weight is 451 g/mol. The fourth-order valence-electron chi connectivity index (χ4n) is 3.70. The van der Waals surface area contributed by atoms with E-state index in [1.165, 1.54) is 36.1 Å². The van der Waals surface area contributed by atoms with Gasteiger partial charge < -0.3 is 15.4 Å². The maximum absolute atomic E-state index is 14.5. The van der Waals surface area contributed by atoms with Crippen LogP contribution in [0.25, 0.3) is 16.7 Å². The van der Waals surface area contributed by atoms with Gasteiger partial charge in [0.25, 0.3) is 5.56 Å². The summed E-state index contributed by atoms with van der Waals surface area (Å²) in [6.07, 6.45) is 4.38. The normalized spacial score (nSPS) is 15.3. The Morgan fingerprint density at radius 2 is 2.12 bits per heavy atom. The fraction of sp³-hybridized carbons (Fsp3) is 0.333. The number of anilines is 1. The highest BCUT2D eigenvalue weighted by Crippen LogP contribution is 2.30. The lowest BCUT2D eigenvalue weighted by Gasteiger charge is -2.32. The molecule has 172 valence electrons. The van der Waals surface area contributed by atoms with Crippen LogP contribution in [0.3, 0.4) is 0 Å². The molecule has 1 aliphatic rings. The summed E-state index contributed by atoms with van der Waals surface area (Å²) < 4.78 is 21.0. The molecule has 2 heterocycles. The van der Waals surface area contributed by atoms with Crippen molar-refractivity contribution in [2.24, 2.45) is 17.8 Å². The van der Waals surface area contributed by atoms with Crippen molar-refractivity contribution in [3.8, 4) is 22.9 Å². The summed E-state index contributed by atoms with van der Waals surface area (Å²) in [4.78, 5) is 24.5. The zero-order valence-electron chi connectivity index (χ0n) is 19.0. The predicted octanol–water partition coefficient (Wildman–Crippen LogP) is 3.03. The standard InChI is InChI=1S/C24H27FN6O2/c1-5-18(13-26)28-14-15(2)22-21(16-6-7-20(33-4)19(25)12-16)23(32)30(3)24(29-22)31-10-8-17(27)9-11-31/h5-7,12,14,17H,1,8-11,27H2,2-4H3/b15-14+,28-18+. The van der Waals surface area contributed by atoms with Crippen LogP contribution in [0.1, 0.15) is 25.5 Å². The van der Waals surface area contributed by atoms with Crippen molar-refractivity contribution in [1.29, 1.82) is 5.26 Å². The molecule has 8 nitrogen and oxygen atoms in total. The quantitative estimate of drug-likeness (QED) is 0.678. The number of nitrogens with zero attached hydrogens (tertiary/aromatic N) is 5. The summed E-state index contributed by atoms with van der Waals surface area (Å²) in [5, 5.41) is 9.12. The Morgan fingerprint density at radius 1 is 1.42 bits per heavy atom. The summed E-state index contributed by atoms with van der Waals surface area (Å²) >= 11 is 0. The molecule has 1 aromatic heterocycles. The van der Waals surface area contributed by atoms with Crippen molar-refractivity contribution < 1.29 is 9.13 Å². The first kappa shape index (κ1) is 23.9. The molecule has 0 unspecified atom stereocenters. The van der Waals surface area contributed by atoms with Gasteiger partial charge in [-0.2, -0.15) is 5.26 Å². The molecular formula is C24H27FN6O2. The number of benzene rings is 1. The van der Waals surface area contributed by atoms with Crippen LogP contribution in [-0.4, -0.2) is 41.5 Å². The molecule has 0 atom stereocenters. The molecule has 0 spiro atoms. The number of halogens is 1. The van der Waals surface area contributed by atoms with Crippen LogP contribution in [0, 0.1) is 17.1 Å². The zero-order chi connectivity index (χ0) is 24.1. The van der Waals surface area contributed by atoms with Gasteiger partial charge in [-0.3, -0.25) is 9.36 Å². The molecule has 0 radical (unpaired) electrons. The van der Waals surface area contributed by atoms with Crippen molar-refractivity contribution in [3.63, 3.8) is 0 Å². The zero-order valence-corrected chi connectivity index (χ0v) is 19.0. The van der Waals surface area contributed by atoms with Gasteiger partial charge in [0.15, 0.2) is 11.6 Å². The van der Waals surface area contributed by atoms with E-state index in [1.54, 1.807) is 20.0 Å². The molecule has 2 aromatic rings. The molecule has 0 amide bonds. The lowest BCUT2D eigenvalue weighted by Crippen LogP contribution is -2.42. The third kappa shape index (κ3) is 5.02. The Kier molecular flexibility index (Phi) is 7.41. The lowest BCUT2D eigenvalue weighted by atomic mass is 10.0. The molecule has 0 saturated carbocycles.